The average Bonchev–Trinajstić information content (AvgIpc) is 2.54. The summed E-state index contributed by atoms with van der Waals surface area (Å²) in [6, 6.07) is 13.5. The van der Waals surface area contributed by atoms with Crippen LogP contribution in [-0.4, -0.2) is 19.5 Å². The number of sulfone groups is 1. The van der Waals surface area contributed by atoms with Crippen LogP contribution >= 0.6 is 23.8 Å². The molecular weight excluding hydrogens is 378 g/mol. The number of hydrogen-bond donors (Lipinski definition) is 0. The first-order valence-electron chi connectivity index (χ1n) is 7.33. The van der Waals surface area contributed by atoms with Gasteiger partial charge in [0, 0.05) is 21.5 Å². The fraction of sp³-hybridized carbons (Fsp3) is 0.111. The predicted octanol–water partition coefficient (Wildman–Crippen LogP) is 4.46. The van der Waals surface area contributed by atoms with Gasteiger partial charge in [-0.2, -0.15) is 0 Å². The van der Waals surface area contributed by atoms with Crippen LogP contribution in [-0.2, 0) is 9.84 Å². The monoisotopic (exact) mass is 391 g/mol. The standard InChI is InChI=1S/C18H14ClNO3S2/c1-11(24)16-10-12-9-13(19)3-8-17(12)23-18(16)20-14-4-6-15(7-5-14)25(2,21)22/h3-10H,1-2H3. The van der Waals surface area contributed by atoms with Crippen molar-refractivity contribution in [2.45, 2.75) is 11.8 Å². The smallest absolute Gasteiger partial charge is 0.228 e. The molecule has 0 fully saturated rings. The molecule has 0 aliphatic carbocycles. The van der Waals surface area contributed by atoms with Gasteiger partial charge in [-0.15, -0.1) is 0 Å². The van der Waals surface area contributed by atoms with Crippen LogP contribution in [0.2, 0.25) is 5.02 Å². The summed E-state index contributed by atoms with van der Waals surface area (Å²) in [6.45, 7) is 1.79. The van der Waals surface area contributed by atoms with E-state index in [0.717, 1.165) is 11.6 Å². The fourth-order valence-electron chi connectivity index (χ4n) is 2.32. The molecule has 1 heterocycles. The molecule has 1 aromatic heterocycles. The van der Waals surface area contributed by atoms with Crippen molar-refractivity contribution in [3.8, 4) is 0 Å². The second-order valence-corrected chi connectivity index (χ2v) is 8.65. The molecule has 0 radical (unpaired) electrons. The summed E-state index contributed by atoms with van der Waals surface area (Å²) in [6.07, 6.45) is 1.16. The van der Waals surface area contributed by atoms with E-state index in [2.05, 4.69) is 4.99 Å². The molecule has 3 aromatic rings. The van der Waals surface area contributed by atoms with Crippen LogP contribution in [0.4, 0.5) is 5.69 Å². The molecule has 4 nitrogen and oxygen atoms in total. The summed E-state index contributed by atoms with van der Waals surface area (Å²) < 4.78 is 29.0. The predicted molar refractivity (Wildman–Crippen MR) is 103 cm³/mol. The number of benzene rings is 2. The number of nitrogens with zero attached hydrogens (tertiary/aromatic N) is 1. The molecule has 0 amide bonds. The Labute approximate surface area is 155 Å². The Morgan fingerprint density at radius 2 is 1.80 bits per heavy atom. The van der Waals surface area contributed by atoms with Crippen molar-refractivity contribution in [3.63, 3.8) is 0 Å². The van der Waals surface area contributed by atoms with E-state index < -0.39 is 9.84 Å². The van der Waals surface area contributed by atoms with Gasteiger partial charge in [0.05, 0.1) is 16.1 Å². The van der Waals surface area contributed by atoms with Crippen molar-refractivity contribution in [2.75, 3.05) is 6.26 Å². The molecule has 3 rings (SSSR count). The highest BCUT2D eigenvalue weighted by atomic mass is 35.5. The highest BCUT2D eigenvalue weighted by molar-refractivity contribution is 7.90. The van der Waals surface area contributed by atoms with Gasteiger partial charge in [-0.1, -0.05) is 23.8 Å². The Hall–Kier alpha value is -2.02. The molecule has 2 aromatic carbocycles. The maximum atomic E-state index is 11.5. The van der Waals surface area contributed by atoms with Crippen molar-refractivity contribution in [3.05, 3.63) is 64.7 Å². The molecule has 128 valence electrons. The van der Waals surface area contributed by atoms with E-state index in [-0.39, 0.29) is 4.90 Å². The van der Waals surface area contributed by atoms with E-state index in [4.69, 9.17) is 28.2 Å². The van der Waals surface area contributed by atoms with Crippen LogP contribution in [0.1, 0.15) is 12.5 Å². The van der Waals surface area contributed by atoms with E-state index in [1.807, 2.05) is 6.07 Å². The van der Waals surface area contributed by atoms with E-state index in [9.17, 15) is 8.42 Å². The van der Waals surface area contributed by atoms with E-state index >= 15 is 0 Å². The minimum atomic E-state index is -3.25. The molecule has 0 bridgehead atoms. The first kappa shape index (κ1) is 17.8. The van der Waals surface area contributed by atoms with Gasteiger partial charge in [0.1, 0.15) is 5.58 Å². The molecule has 0 unspecified atom stereocenters. The summed E-state index contributed by atoms with van der Waals surface area (Å²) in [5.74, 6) is 0. The Balaban J connectivity index is 2.19. The third kappa shape index (κ3) is 3.98. The number of halogens is 1. The van der Waals surface area contributed by atoms with E-state index in [1.165, 1.54) is 12.1 Å². The zero-order valence-corrected chi connectivity index (χ0v) is 15.9. The summed E-state index contributed by atoms with van der Waals surface area (Å²) >= 11 is 11.3. The van der Waals surface area contributed by atoms with Crippen LogP contribution in [0, 0.1) is 0 Å². The van der Waals surface area contributed by atoms with Crippen molar-refractivity contribution in [2.24, 2.45) is 4.99 Å². The molecule has 0 spiro atoms. The first-order chi connectivity index (χ1) is 11.7. The van der Waals surface area contributed by atoms with Crippen LogP contribution < -0.4 is 5.55 Å². The molecule has 0 atom stereocenters. The molecule has 7 heteroatoms. The Kier molecular flexibility index (Phi) is 4.77. The van der Waals surface area contributed by atoms with Gasteiger partial charge >= 0.3 is 0 Å². The lowest BCUT2D eigenvalue weighted by molar-refractivity contribution is 0.543. The maximum absolute atomic E-state index is 11.5. The summed E-state index contributed by atoms with van der Waals surface area (Å²) in [7, 11) is -3.25. The number of hydrogen-bond acceptors (Lipinski definition) is 5. The van der Waals surface area contributed by atoms with Crippen LogP contribution in [0.25, 0.3) is 11.0 Å². The quantitative estimate of drug-likeness (QED) is 0.488. The number of rotatable bonds is 3. The topological polar surface area (TPSA) is 59.6 Å². The zero-order valence-electron chi connectivity index (χ0n) is 13.5. The van der Waals surface area contributed by atoms with Gasteiger partial charge in [-0.05, 0) is 55.5 Å². The second-order valence-electron chi connectivity index (χ2n) is 5.58. The van der Waals surface area contributed by atoms with Gasteiger partial charge in [-0.25, -0.2) is 13.4 Å². The van der Waals surface area contributed by atoms with Crippen LogP contribution in [0.5, 0.6) is 0 Å². The van der Waals surface area contributed by atoms with Crippen LogP contribution in [0.15, 0.2) is 62.8 Å². The summed E-state index contributed by atoms with van der Waals surface area (Å²) in [4.78, 5) is 5.35. The summed E-state index contributed by atoms with van der Waals surface area (Å²) in [5, 5.41) is 1.44. The zero-order chi connectivity index (χ0) is 18.2. The lowest BCUT2D eigenvalue weighted by Gasteiger charge is -2.04. The Morgan fingerprint density at radius 3 is 2.40 bits per heavy atom. The Morgan fingerprint density at radius 1 is 1.12 bits per heavy atom. The van der Waals surface area contributed by atoms with Gasteiger partial charge in [0.15, 0.2) is 9.84 Å². The average molecular weight is 392 g/mol. The van der Waals surface area contributed by atoms with Crippen molar-refractivity contribution < 1.29 is 12.8 Å². The van der Waals surface area contributed by atoms with Crippen LogP contribution in [0.3, 0.4) is 0 Å². The first-order valence-corrected chi connectivity index (χ1v) is 10.0. The van der Waals surface area contributed by atoms with Crippen molar-refractivity contribution in [1.29, 1.82) is 0 Å². The third-order valence-corrected chi connectivity index (χ3v) is 5.17. The highest BCUT2D eigenvalue weighted by Crippen LogP contribution is 2.20. The van der Waals surface area contributed by atoms with Gasteiger partial charge in [-0.3, -0.25) is 0 Å². The number of thiocarbonyl (C=S) groups is 1. The molecule has 0 saturated heterocycles. The van der Waals surface area contributed by atoms with Gasteiger partial charge in [0.2, 0.25) is 5.55 Å². The molecule has 0 aliphatic heterocycles. The maximum Gasteiger partial charge on any atom is 0.228 e. The normalized spacial score (nSPS) is 12.5. The lowest BCUT2D eigenvalue weighted by Crippen LogP contribution is -2.12. The third-order valence-electron chi connectivity index (χ3n) is 3.58. The molecule has 25 heavy (non-hydrogen) atoms. The van der Waals surface area contributed by atoms with Gasteiger partial charge in [0.25, 0.3) is 0 Å². The summed E-state index contributed by atoms with van der Waals surface area (Å²) in [5.41, 5.74) is 2.27. The van der Waals surface area contributed by atoms with Crippen molar-refractivity contribution >= 4 is 55.2 Å². The lowest BCUT2D eigenvalue weighted by atomic mass is 10.1. The highest BCUT2D eigenvalue weighted by Gasteiger charge is 2.08. The van der Waals surface area contributed by atoms with E-state index in [0.29, 0.717) is 32.3 Å². The molecular formula is C18H14ClNO3S2. The van der Waals surface area contributed by atoms with E-state index in [1.54, 1.807) is 37.3 Å². The Bertz CT molecular complexity index is 1150. The molecule has 0 aliphatic rings. The minimum absolute atomic E-state index is 0.239. The van der Waals surface area contributed by atoms with Gasteiger partial charge < -0.3 is 4.42 Å². The largest absolute Gasteiger partial charge is 0.438 e. The second kappa shape index (κ2) is 6.71. The fourth-order valence-corrected chi connectivity index (χ4v) is 3.28. The SMILES string of the molecule is CC(=S)c1cc2cc(Cl)ccc2oc1=Nc1ccc(S(C)(=O)=O)cc1. The van der Waals surface area contributed by atoms with Crippen molar-refractivity contribution in [1.82, 2.24) is 0 Å². The number of fused-ring (bicyclic) bond motifs is 1. The minimum Gasteiger partial charge on any atom is -0.438 e. The molecule has 0 saturated carbocycles. The molecule has 0 N–H and O–H groups in total.